The third kappa shape index (κ3) is 2.61. The molecule has 6 nitrogen and oxygen atoms in total. The predicted octanol–water partition coefficient (Wildman–Crippen LogP) is 0.134. The molecule has 0 spiro atoms. The first kappa shape index (κ1) is 14.3. The van der Waals surface area contributed by atoms with Gasteiger partial charge < -0.3 is 10.0 Å². The van der Waals surface area contributed by atoms with Crippen molar-refractivity contribution >= 4 is 21.7 Å². The van der Waals surface area contributed by atoms with E-state index in [2.05, 4.69) is 0 Å². The Morgan fingerprint density at radius 1 is 1.42 bits per heavy atom. The third-order valence-corrected chi connectivity index (χ3v) is 6.15. The van der Waals surface area contributed by atoms with Gasteiger partial charge in [-0.05, 0) is 19.3 Å². The second-order valence-electron chi connectivity index (χ2n) is 5.55. The molecule has 2 fully saturated rings. The Labute approximate surface area is 112 Å². The first-order valence-corrected chi connectivity index (χ1v) is 8.34. The zero-order valence-corrected chi connectivity index (χ0v) is 11.8. The van der Waals surface area contributed by atoms with Gasteiger partial charge in [-0.25, -0.2) is 8.42 Å². The van der Waals surface area contributed by atoms with Gasteiger partial charge in [0, 0.05) is 13.1 Å². The molecule has 0 aromatic heterocycles. The van der Waals surface area contributed by atoms with Crippen molar-refractivity contribution in [3.05, 3.63) is 0 Å². The number of nitrogens with zero attached hydrogens (tertiary/aromatic N) is 1. The SMILES string of the molecule is CCC1(C(=O)O)CCN(C(=O)C2CCS(=O)(=O)C2)C1. The molecule has 2 atom stereocenters. The Hall–Kier alpha value is -1.11. The van der Waals surface area contributed by atoms with E-state index in [0.29, 0.717) is 25.8 Å². The third-order valence-electron chi connectivity index (χ3n) is 4.38. The highest BCUT2D eigenvalue weighted by Crippen LogP contribution is 2.35. The van der Waals surface area contributed by atoms with Crippen molar-refractivity contribution in [1.29, 1.82) is 0 Å². The number of hydrogen-bond donors (Lipinski definition) is 1. The van der Waals surface area contributed by atoms with E-state index in [1.54, 1.807) is 0 Å². The smallest absolute Gasteiger partial charge is 0.311 e. The molecular formula is C12H19NO5S. The second-order valence-corrected chi connectivity index (χ2v) is 7.78. The van der Waals surface area contributed by atoms with Gasteiger partial charge in [0.15, 0.2) is 9.84 Å². The quantitative estimate of drug-likeness (QED) is 0.797. The van der Waals surface area contributed by atoms with Gasteiger partial charge in [0.2, 0.25) is 5.91 Å². The summed E-state index contributed by atoms with van der Waals surface area (Å²) in [6.07, 6.45) is 1.29. The fourth-order valence-corrected chi connectivity index (χ4v) is 4.66. The van der Waals surface area contributed by atoms with Crippen LogP contribution < -0.4 is 0 Å². The van der Waals surface area contributed by atoms with Crippen molar-refractivity contribution in [3.8, 4) is 0 Å². The Bertz CT molecular complexity index is 500. The molecule has 2 aliphatic heterocycles. The maximum Gasteiger partial charge on any atom is 0.311 e. The molecule has 0 saturated carbocycles. The first-order chi connectivity index (χ1) is 8.80. The van der Waals surface area contributed by atoms with Crippen LogP contribution in [0.2, 0.25) is 0 Å². The van der Waals surface area contributed by atoms with Gasteiger partial charge in [-0.3, -0.25) is 9.59 Å². The lowest BCUT2D eigenvalue weighted by atomic mass is 9.84. The van der Waals surface area contributed by atoms with E-state index in [4.69, 9.17) is 0 Å². The van der Waals surface area contributed by atoms with Crippen molar-refractivity contribution in [1.82, 2.24) is 4.90 Å². The largest absolute Gasteiger partial charge is 0.481 e. The lowest BCUT2D eigenvalue weighted by molar-refractivity contribution is -0.148. The van der Waals surface area contributed by atoms with Crippen LogP contribution in [0.15, 0.2) is 0 Å². The average Bonchev–Trinajstić information content (AvgIpc) is 2.92. The minimum Gasteiger partial charge on any atom is -0.481 e. The monoisotopic (exact) mass is 289 g/mol. The molecule has 1 N–H and O–H groups in total. The molecule has 2 saturated heterocycles. The first-order valence-electron chi connectivity index (χ1n) is 6.52. The maximum absolute atomic E-state index is 12.2. The molecule has 2 rings (SSSR count). The average molecular weight is 289 g/mol. The van der Waals surface area contributed by atoms with E-state index in [9.17, 15) is 23.1 Å². The zero-order chi connectivity index (χ0) is 14.3. The summed E-state index contributed by atoms with van der Waals surface area (Å²) in [7, 11) is -3.08. The lowest BCUT2D eigenvalue weighted by Crippen LogP contribution is -2.39. The molecule has 2 unspecified atom stereocenters. The highest BCUT2D eigenvalue weighted by atomic mass is 32.2. The topological polar surface area (TPSA) is 91.8 Å². The summed E-state index contributed by atoms with van der Waals surface area (Å²) in [6.45, 7) is 2.42. The Morgan fingerprint density at radius 3 is 2.53 bits per heavy atom. The Balaban J connectivity index is 2.05. The van der Waals surface area contributed by atoms with Crippen molar-refractivity contribution in [2.45, 2.75) is 26.2 Å². The van der Waals surface area contributed by atoms with Crippen LogP contribution in [-0.2, 0) is 19.4 Å². The minimum absolute atomic E-state index is 0.0646. The summed E-state index contributed by atoms with van der Waals surface area (Å²) in [5.41, 5.74) is -0.854. The number of likely N-dealkylation sites (tertiary alicyclic amines) is 1. The van der Waals surface area contributed by atoms with Crippen molar-refractivity contribution in [2.75, 3.05) is 24.6 Å². The number of sulfone groups is 1. The summed E-state index contributed by atoms with van der Waals surface area (Å²) in [5, 5.41) is 9.28. The second kappa shape index (κ2) is 4.77. The molecule has 19 heavy (non-hydrogen) atoms. The molecule has 7 heteroatoms. The highest BCUT2D eigenvalue weighted by Gasteiger charge is 2.46. The number of carboxylic acid groups (broad SMARTS) is 1. The van der Waals surface area contributed by atoms with Crippen molar-refractivity contribution < 1.29 is 23.1 Å². The van der Waals surface area contributed by atoms with Crippen LogP contribution in [0.3, 0.4) is 0 Å². The number of aliphatic carboxylic acids is 1. The van der Waals surface area contributed by atoms with Gasteiger partial charge in [0.05, 0.1) is 22.8 Å². The highest BCUT2D eigenvalue weighted by molar-refractivity contribution is 7.91. The van der Waals surface area contributed by atoms with Crippen LogP contribution in [0.5, 0.6) is 0 Å². The maximum atomic E-state index is 12.2. The fraction of sp³-hybridized carbons (Fsp3) is 0.833. The molecule has 0 aliphatic carbocycles. The van der Waals surface area contributed by atoms with Gasteiger partial charge in [-0.1, -0.05) is 6.92 Å². The summed E-state index contributed by atoms with van der Waals surface area (Å²) in [4.78, 5) is 25.1. The molecule has 0 aromatic rings. The van der Waals surface area contributed by atoms with E-state index >= 15 is 0 Å². The molecule has 0 aromatic carbocycles. The van der Waals surface area contributed by atoms with E-state index in [-0.39, 0.29) is 24.0 Å². The van der Waals surface area contributed by atoms with Gasteiger partial charge in [-0.15, -0.1) is 0 Å². The zero-order valence-electron chi connectivity index (χ0n) is 11.0. The molecule has 2 heterocycles. The lowest BCUT2D eigenvalue weighted by Gasteiger charge is -2.24. The molecule has 2 aliphatic rings. The van der Waals surface area contributed by atoms with Gasteiger partial charge in [0.1, 0.15) is 0 Å². The molecule has 0 bridgehead atoms. The fourth-order valence-electron chi connectivity index (χ4n) is 2.92. The van der Waals surface area contributed by atoms with Crippen LogP contribution in [-0.4, -0.2) is 54.9 Å². The minimum atomic E-state index is -3.08. The number of carboxylic acids is 1. The molecule has 108 valence electrons. The number of carbonyl (C=O) groups excluding carboxylic acids is 1. The normalized spacial score (nSPS) is 33.5. The predicted molar refractivity (Wildman–Crippen MR) is 68.3 cm³/mol. The summed E-state index contributed by atoms with van der Waals surface area (Å²) in [5.74, 6) is -1.57. The van der Waals surface area contributed by atoms with Gasteiger partial charge in [-0.2, -0.15) is 0 Å². The van der Waals surface area contributed by atoms with Gasteiger partial charge >= 0.3 is 5.97 Å². The van der Waals surface area contributed by atoms with Crippen LogP contribution in [0.25, 0.3) is 0 Å². The van der Waals surface area contributed by atoms with Crippen LogP contribution in [0.4, 0.5) is 0 Å². The molecular weight excluding hydrogens is 270 g/mol. The van der Waals surface area contributed by atoms with Crippen LogP contribution >= 0.6 is 0 Å². The van der Waals surface area contributed by atoms with Crippen LogP contribution in [0.1, 0.15) is 26.2 Å². The number of amides is 1. The summed E-state index contributed by atoms with van der Waals surface area (Å²) >= 11 is 0. The van der Waals surface area contributed by atoms with E-state index in [1.807, 2.05) is 6.92 Å². The standard InChI is InChI=1S/C12H19NO5S/c1-2-12(11(15)16)4-5-13(8-12)10(14)9-3-6-19(17,18)7-9/h9H,2-8H2,1H3,(H,15,16). The number of carbonyl (C=O) groups is 2. The van der Waals surface area contributed by atoms with E-state index in [1.165, 1.54) is 4.90 Å². The number of hydrogen-bond acceptors (Lipinski definition) is 4. The van der Waals surface area contributed by atoms with Crippen LogP contribution in [0, 0.1) is 11.3 Å². The van der Waals surface area contributed by atoms with Crippen molar-refractivity contribution in [2.24, 2.45) is 11.3 Å². The Morgan fingerprint density at radius 2 is 2.11 bits per heavy atom. The molecule has 1 amide bonds. The van der Waals surface area contributed by atoms with Crippen molar-refractivity contribution in [3.63, 3.8) is 0 Å². The number of rotatable bonds is 3. The molecule has 0 radical (unpaired) electrons. The van der Waals surface area contributed by atoms with E-state index in [0.717, 1.165) is 0 Å². The van der Waals surface area contributed by atoms with E-state index < -0.39 is 27.1 Å². The summed E-state index contributed by atoms with van der Waals surface area (Å²) < 4.78 is 22.8. The Kier molecular flexibility index (Phi) is 3.59. The summed E-state index contributed by atoms with van der Waals surface area (Å²) in [6, 6.07) is 0. The van der Waals surface area contributed by atoms with Gasteiger partial charge in [0.25, 0.3) is 0 Å².